The van der Waals surface area contributed by atoms with E-state index in [4.69, 9.17) is 13.6 Å². The molecule has 0 radical (unpaired) electrons. The molecule has 2 rings (SSSR count). The van der Waals surface area contributed by atoms with Crippen LogP contribution >= 0.6 is 11.8 Å². The number of thioether (sulfide) groups is 1. The van der Waals surface area contributed by atoms with Crippen LogP contribution in [-0.2, 0) is 38.1 Å². The van der Waals surface area contributed by atoms with Crippen LogP contribution in [-0.4, -0.2) is 91.4 Å². The summed E-state index contributed by atoms with van der Waals surface area (Å²) in [4.78, 5) is 60.0. The number of carbonyl (C=O) groups excluding carboxylic acids is 4. The number of carbonyl (C=O) groups is 5. The third-order valence-electron chi connectivity index (χ3n) is 4.63. The fourth-order valence-electron chi connectivity index (χ4n) is 3.08. The lowest BCUT2D eigenvalue weighted by molar-refractivity contribution is -0.486. The van der Waals surface area contributed by atoms with Crippen molar-refractivity contribution in [3.05, 3.63) is 35.9 Å². The van der Waals surface area contributed by atoms with Gasteiger partial charge < -0.3 is 44.7 Å². The van der Waals surface area contributed by atoms with Crippen molar-refractivity contribution in [2.24, 2.45) is 0 Å². The third-order valence-corrected chi connectivity index (χ3v) is 5.92. The zero-order chi connectivity index (χ0) is 29.4. The summed E-state index contributed by atoms with van der Waals surface area (Å²) in [5.41, 5.74) is -2.00. The van der Waals surface area contributed by atoms with Crippen LogP contribution in [0.2, 0.25) is 0 Å². The van der Waals surface area contributed by atoms with Gasteiger partial charge in [-0.1, -0.05) is 18.2 Å². The minimum Gasteiger partial charge on any atom is -0.480 e. The fourth-order valence-corrected chi connectivity index (χ4v) is 4.28. The van der Waals surface area contributed by atoms with E-state index in [1.807, 2.05) is 0 Å². The Morgan fingerprint density at radius 1 is 1.06 bits per heavy atom. The number of aliphatic carboxylic acids is 1. The Hall–Kier alpha value is -3.24. The number of amides is 1. The van der Waals surface area contributed by atoms with Crippen molar-refractivity contribution >= 4 is 41.5 Å². The molecule has 0 aromatic heterocycles. The summed E-state index contributed by atoms with van der Waals surface area (Å²) in [5.74, 6) is -18.8. The van der Waals surface area contributed by atoms with Gasteiger partial charge in [0, 0.05) is 36.1 Å². The maximum Gasteiger partial charge on any atom is 0.349 e. The minimum absolute atomic E-state index is 0.113. The second-order valence-electron chi connectivity index (χ2n) is 7.25. The molecule has 1 fully saturated rings. The average Bonchev–Trinajstić information content (AvgIpc) is 2.91. The highest BCUT2D eigenvalue weighted by Crippen LogP contribution is 2.47. The van der Waals surface area contributed by atoms with E-state index in [2.05, 4.69) is 14.8 Å². The molecule has 0 aliphatic carbocycles. The van der Waals surface area contributed by atoms with Gasteiger partial charge in [-0.15, -0.1) is 11.8 Å². The third kappa shape index (κ3) is 6.11. The van der Waals surface area contributed by atoms with Crippen molar-refractivity contribution in [2.75, 3.05) is 12.4 Å². The minimum atomic E-state index is -3.91. The van der Waals surface area contributed by atoms with E-state index in [0.29, 0.717) is 11.8 Å². The van der Waals surface area contributed by atoms with Crippen molar-refractivity contribution in [1.82, 2.24) is 5.32 Å². The average molecular weight is 535 g/mol. The van der Waals surface area contributed by atoms with Gasteiger partial charge in [0.15, 0.2) is 5.44 Å². The van der Waals surface area contributed by atoms with Crippen LogP contribution in [0.5, 0.6) is 0 Å². The number of nitrogens with one attached hydrogen (secondary N) is 1. The lowest BCUT2D eigenvalue weighted by Crippen LogP contribution is -2.80. The molecule has 1 amide bonds. The number of hydrogen-bond acceptors (Lipinski definition) is 13. The van der Waals surface area contributed by atoms with Crippen LogP contribution in [0, 0.1) is 0 Å². The molecule has 15 heteroatoms. The lowest BCUT2D eigenvalue weighted by atomic mass is 9.93. The van der Waals surface area contributed by atoms with Crippen LogP contribution in [0.3, 0.4) is 0 Å². The van der Waals surface area contributed by atoms with Gasteiger partial charge in [-0.25, -0.2) is 4.79 Å². The van der Waals surface area contributed by atoms with Crippen LogP contribution in [0.15, 0.2) is 30.3 Å². The van der Waals surface area contributed by atoms with Crippen LogP contribution in [0.4, 0.5) is 0 Å². The molecule has 5 N–H and O–H groups in total. The molecule has 1 aliphatic heterocycles. The predicted octanol–water partition coefficient (Wildman–Crippen LogP) is -1.29. The summed E-state index contributed by atoms with van der Waals surface area (Å²) in [5, 5.41) is 45.3. The summed E-state index contributed by atoms with van der Waals surface area (Å²) in [7, 11) is 0. The molecule has 14 nitrogen and oxygen atoms in total. The quantitative estimate of drug-likeness (QED) is 0.142. The highest BCUT2D eigenvalue weighted by molar-refractivity contribution is 7.99. The van der Waals surface area contributed by atoms with Crippen molar-refractivity contribution in [2.45, 2.75) is 49.5 Å². The molecule has 36 heavy (non-hydrogen) atoms. The van der Waals surface area contributed by atoms with E-state index >= 15 is 0 Å². The van der Waals surface area contributed by atoms with Gasteiger partial charge in [0.05, 0.1) is 0 Å². The molecular weight excluding hydrogens is 506 g/mol. The molecule has 0 spiro atoms. The number of aliphatic hydroxyl groups is 3. The van der Waals surface area contributed by atoms with Gasteiger partial charge in [-0.3, -0.25) is 19.2 Å². The Labute approximate surface area is 212 Å². The number of benzene rings is 1. The Morgan fingerprint density at radius 2 is 1.64 bits per heavy atom. The van der Waals surface area contributed by atoms with Gasteiger partial charge in [0.25, 0.3) is 5.91 Å². The zero-order valence-electron chi connectivity index (χ0n) is 21.4. The summed E-state index contributed by atoms with van der Waals surface area (Å²) < 4.78 is 40.5. The van der Waals surface area contributed by atoms with E-state index in [9.17, 15) is 44.4 Å². The van der Waals surface area contributed by atoms with E-state index in [1.165, 1.54) is 24.3 Å². The molecule has 1 aliphatic rings. The smallest absolute Gasteiger partial charge is 0.349 e. The normalized spacial score (nSPS) is 29.4. The fraction of sp³-hybridized carbons (Fsp3) is 0.476. The molecule has 0 saturated carbocycles. The van der Waals surface area contributed by atoms with Gasteiger partial charge in [-0.05, 0) is 12.1 Å². The number of esters is 3. The van der Waals surface area contributed by atoms with Crippen LogP contribution < -0.4 is 5.32 Å². The number of rotatable bonds is 9. The van der Waals surface area contributed by atoms with E-state index in [-0.39, 0.29) is 5.56 Å². The maximum atomic E-state index is 12.4. The Kier molecular flexibility index (Phi) is 7.62. The van der Waals surface area contributed by atoms with Crippen molar-refractivity contribution in [1.29, 1.82) is 0 Å². The van der Waals surface area contributed by atoms with Gasteiger partial charge in [0.2, 0.25) is 0 Å². The lowest BCUT2D eigenvalue weighted by Gasteiger charge is -2.53. The topological polar surface area (TPSA) is 215 Å². The number of carboxylic acid groups (broad SMARTS) is 1. The number of hydrogen-bond donors (Lipinski definition) is 5. The van der Waals surface area contributed by atoms with Crippen LogP contribution in [0.25, 0.3) is 0 Å². The monoisotopic (exact) mass is 534 g/mol. The standard InChI is InChI=1S/C21H25NO13S/c1-11(23)33-19(29)10-32-18(20(30,34-12(2)24)21(19,31)35-13(3)25)36-9-15(17(27)28)22-16(26)14-7-5-4-6-8-14/h4-8,15,18,29-31H,9-10H2,1-3H3,(H,22,26)(H,27,28)/t15-,18?,19-,20-,21-/m0/s1/i1D,2D,3D. The van der Waals surface area contributed by atoms with E-state index in [0.717, 1.165) is 0 Å². The van der Waals surface area contributed by atoms with E-state index < -0.39 is 91.7 Å². The molecule has 1 unspecified atom stereocenters. The highest BCUT2D eigenvalue weighted by atomic mass is 32.2. The molecule has 1 aromatic rings. The van der Waals surface area contributed by atoms with E-state index in [1.54, 1.807) is 6.07 Å². The summed E-state index contributed by atoms with van der Waals surface area (Å²) in [6.07, 6.45) is 0. The summed E-state index contributed by atoms with van der Waals surface area (Å²) in [6.45, 7) is -4.81. The second kappa shape index (κ2) is 11.2. The first kappa shape index (κ1) is 24.5. The molecule has 198 valence electrons. The molecule has 1 aromatic carbocycles. The Balaban J connectivity index is 2.45. The summed E-state index contributed by atoms with van der Waals surface area (Å²) in [6, 6.07) is 5.83. The molecular formula is C21H25NO13S. The predicted molar refractivity (Wildman–Crippen MR) is 118 cm³/mol. The second-order valence-corrected chi connectivity index (χ2v) is 8.35. The summed E-state index contributed by atoms with van der Waals surface area (Å²) >= 11 is 0.300. The van der Waals surface area contributed by atoms with Crippen LogP contribution in [0.1, 0.15) is 35.2 Å². The number of carboxylic acids is 1. The van der Waals surface area contributed by atoms with Crippen molar-refractivity contribution in [3.63, 3.8) is 0 Å². The Bertz CT molecular complexity index is 1080. The SMILES string of the molecule is [2H]CC(=O)O[C@]1(O)[C@@](O)(OC(=O)C[2H])C(SC[C@H](NC(=O)c2ccccc2)C(=O)O)OC[C@]1(O)OC(=O)C[2H]. The van der Waals surface area contributed by atoms with Gasteiger partial charge in [-0.2, -0.15) is 0 Å². The number of ether oxygens (including phenoxy) is 4. The first-order valence-corrected chi connectivity index (χ1v) is 10.8. The molecule has 5 atom stereocenters. The zero-order valence-corrected chi connectivity index (χ0v) is 19.3. The highest BCUT2D eigenvalue weighted by Gasteiger charge is 2.77. The molecule has 1 heterocycles. The van der Waals surface area contributed by atoms with Gasteiger partial charge >= 0.3 is 41.2 Å². The first-order chi connectivity index (χ1) is 18.3. The van der Waals surface area contributed by atoms with Gasteiger partial charge in [0.1, 0.15) is 12.6 Å². The first-order valence-electron chi connectivity index (χ1n) is 11.9. The van der Waals surface area contributed by atoms with Crippen molar-refractivity contribution in [3.8, 4) is 0 Å². The van der Waals surface area contributed by atoms with Crippen molar-refractivity contribution < 1.29 is 67.5 Å². The Morgan fingerprint density at radius 3 is 2.22 bits per heavy atom. The maximum absolute atomic E-state index is 12.4. The molecule has 0 bridgehead atoms. The largest absolute Gasteiger partial charge is 0.480 e. The molecule has 1 saturated heterocycles.